The number of ether oxygens (including phenoxy) is 2. The van der Waals surface area contributed by atoms with Crippen LogP contribution in [0.1, 0.15) is 5.56 Å². The molecule has 5 nitrogen and oxygen atoms in total. The molecule has 1 aromatic heterocycles. The SMILES string of the molecule is COc1ccc(OC)c(CC(=O)Nc2nc(-c3ccccc3)cs2)c1. The van der Waals surface area contributed by atoms with Crippen LogP contribution in [0.25, 0.3) is 11.3 Å². The van der Waals surface area contributed by atoms with E-state index >= 15 is 0 Å². The van der Waals surface area contributed by atoms with Crippen molar-refractivity contribution in [2.24, 2.45) is 0 Å². The van der Waals surface area contributed by atoms with E-state index in [1.54, 1.807) is 32.4 Å². The maximum Gasteiger partial charge on any atom is 0.230 e. The summed E-state index contributed by atoms with van der Waals surface area (Å²) in [5.74, 6) is 1.18. The quantitative estimate of drug-likeness (QED) is 0.727. The number of rotatable bonds is 6. The zero-order valence-corrected chi connectivity index (χ0v) is 14.8. The van der Waals surface area contributed by atoms with Gasteiger partial charge in [-0.05, 0) is 18.2 Å². The third-order valence-electron chi connectivity index (χ3n) is 3.66. The number of thiazole rings is 1. The van der Waals surface area contributed by atoms with Crippen molar-refractivity contribution < 1.29 is 14.3 Å². The van der Waals surface area contributed by atoms with E-state index in [1.165, 1.54) is 11.3 Å². The Morgan fingerprint density at radius 3 is 2.64 bits per heavy atom. The van der Waals surface area contributed by atoms with Gasteiger partial charge >= 0.3 is 0 Å². The molecular weight excluding hydrogens is 336 g/mol. The smallest absolute Gasteiger partial charge is 0.230 e. The third-order valence-corrected chi connectivity index (χ3v) is 4.42. The van der Waals surface area contributed by atoms with Gasteiger partial charge in [-0.2, -0.15) is 0 Å². The summed E-state index contributed by atoms with van der Waals surface area (Å²) in [7, 11) is 3.17. The van der Waals surface area contributed by atoms with Crippen LogP contribution < -0.4 is 14.8 Å². The number of methoxy groups -OCH3 is 2. The highest BCUT2D eigenvalue weighted by Gasteiger charge is 2.12. The molecule has 3 aromatic rings. The average molecular weight is 354 g/mol. The fraction of sp³-hybridized carbons (Fsp3) is 0.158. The minimum atomic E-state index is -0.152. The minimum Gasteiger partial charge on any atom is -0.497 e. The molecule has 0 aliphatic carbocycles. The monoisotopic (exact) mass is 354 g/mol. The molecule has 25 heavy (non-hydrogen) atoms. The number of nitrogens with one attached hydrogen (secondary N) is 1. The molecule has 2 aromatic carbocycles. The number of carbonyl (C=O) groups is 1. The number of hydrogen-bond acceptors (Lipinski definition) is 5. The van der Waals surface area contributed by atoms with E-state index in [0.29, 0.717) is 16.6 Å². The lowest BCUT2D eigenvalue weighted by atomic mass is 10.1. The molecule has 0 saturated heterocycles. The molecule has 0 bridgehead atoms. The topological polar surface area (TPSA) is 60.5 Å². The Labute approximate surface area is 150 Å². The molecular formula is C19H18N2O3S. The van der Waals surface area contributed by atoms with Gasteiger partial charge in [0, 0.05) is 16.5 Å². The second kappa shape index (κ2) is 7.81. The van der Waals surface area contributed by atoms with Gasteiger partial charge in [-0.25, -0.2) is 4.98 Å². The Kier molecular flexibility index (Phi) is 5.30. The second-order valence-corrected chi connectivity index (χ2v) is 6.16. The summed E-state index contributed by atoms with van der Waals surface area (Å²) in [6.45, 7) is 0. The van der Waals surface area contributed by atoms with Crippen molar-refractivity contribution >= 4 is 22.4 Å². The molecule has 0 aliphatic rings. The van der Waals surface area contributed by atoms with Gasteiger partial charge in [0.2, 0.25) is 5.91 Å². The van der Waals surface area contributed by atoms with Crippen LogP contribution in [-0.4, -0.2) is 25.1 Å². The van der Waals surface area contributed by atoms with Gasteiger partial charge < -0.3 is 14.8 Å². The fourth-order valence-electron chi connectivity index (χ4n) is 2.43. The fourth-order valence-corrected chi connectivity index (χ4v) is 3.17. The van der Waals surface area contributed by atoms with Gasteiger partial charge in [-0.15, -0.1) is 11.3 Å². The van der Waals surface area contributed by atoms with Gasteiger partial charge in [0.1, 0.15) is 11.5 Å². The van der Waals surface area contributed by atoms with Crippen LogP contribution in [0.2, 0.25) is 0 Å². The van der Waals surface area contributed by atoms with Crippen molar-refractivity contribution in [2.45, 2.75) is 6.42 Å². The highest BCUT2D eigenvalue weighted by Crippen LogP contribution is 2.26. The number of anilines is 1. The highest BCUT2D eigenvalue weighted by molar-refractivity contribution is 7.14. The highest BCUT2D eigenvalue weighted by atomic mass is 32.1. The molecule has 0 fully saturated rings. The van der Waals surface area contributed by atoms with Crippen LogP contribution in [0.4, 0.5) is 5.13 Å². The number of amides is 1. The summed E-state index contributed by atoms with van der Waals surface area (Å²) >= 11 is 1.40. The molecule has 3 rings (SSSR count). The lowest BCUT2D eigenvalue weighted by molar-refractivity contribution is -0.115. The Balaban J connectivity index is 1.70. The van der Waals surface area contributed by atoms with E-state index in [4.69, 9.17) is 9.47 Å². The summed E-state index contributed by atoms with van der Waals surface area (Å²) in [6, 6.07) is 15.2. The number of carbonyl (C=O) groups excluding carboxylic acids is 1. The van der Waals surface area contributed by atoms with Crippen molar-refractivity contribution in [3.8, 4) is 22.8 Å². The lowest BCUT2D eigenvalue weighted by Gasteiger charge is -2.10. The maximum atomic E-state index is 12.4. The summed E-state index contributed by atoms with van der Waals surface area (Å²) in [4.78, 5) is 16.8. The standard InChI is InChI=1S/C19H18N2O3S/c1-23-15-8-9-17(24-2)14(10-15)11-18(22)21-19-20-16(12-25-19)13-6-4-3-5-7-13/h3-10,12H,11H2,1-2H3,(H,20,21,22). The first-order valence-electron chi connectivity index (χ1n) is 7.71. The zero-order valence-electron chi connectivity index (χ0n) is 14.0. The van der Waals surface area contributed by atoms with E-state index in [1.807, 2.05) is 35.7 Å². The lowest BCUT2D eigenvalue weighted by Crippen LogP contribution is -2.14. The van der Waals surface area contributed by atoms with Crippen LogP contribution in [0, 0.1) is 0 Å². The first-order chi connectivity index (χ1) is 12.2. The Morgan fingerprint density at radius 2 is 1.92 bits per heavy atom. The Bertz CT molecular complexity index is 862. The zero-order chi connectivity index (χ0) is 17.6. The van der Waals surface area contributed by atoms with E-state index in [-0.39, 0.29) is 12.3 Å². The maximum absolute atomic E-state index is 12.4. The van der Waals surface area contributed by atoms with Crippen molar-refractivity contribution in [3.05, 3.63) is 59.5 Å². The number of benzene rings is 2. The van der Waals surface area contributed by atoms with Gasteiger partial charge in [0.15, 0.2) is 5.13 Å². The number of nitrogens with zero attached hydrogens (tertiary/aromatic N) is 1. The van der Waals surface area contributed by atoms with E-state index in [2.05, 4.69) is 10.3 Å². The molecule has 6 heteroatoms. The van der Waals surface area contributed by atoms with Crippen molar-refractivity contribution in [1.29, 1.82) is 0 Å². The van der Waals surface area contributed by atoms with Gasteiger partial charge in [0.25, 0.3) is 0 Å². The molecule has 1 N–H and O–H groups in total. The summed E-state index contributed by atoms with van der Waals surface area (Å²) in [6.07, 6.45) is 0.181. The molecule has 0 atom stereocenters. The van der Waals surface area contributed by atoms with Crippen LogP contribution in [0.3, 0.4) is 0 Å². The molecule has 0 aliphatic heterocycles. The van der Waals surface area contributed by atoms with Crippen LogP contribution >= 0.6 is 11.3 Å². The van der Waals surface area contributed by atoms with Crippen molar-refractivity contribution in [3.63, 3.8) is 0 Å². The summed E-state index contributed by atoms with van der Waals surface area (Å²) in [5, 5.41) is 5.34. The largest absolute Gasteiger partial charge is 0.497 e. The number of hydrogen-bond donors (Lipinski definition) is 1. The molecule has 1 heterocycles. The van der Waals surface area contributed by atoms with Crippen molar-refractivity contribution in [1.82, 2.24) is 4.98 Å². The molecule has 0 spiro atoms. The molecule has 0 saturated carbocycles. The van der Waals surface area contributed by atoms with E-state index in [9.17, 15) is 4.79 Å². The number of aromatic nitrogens is 1. The summed E-state index contributed by atoms with van der Waals surface area (Å²) < 4.78 is 10.5. The Morgan fingerprint density at radius 1 is 1.12 bits per heavy atom. The Hall–Kier alpha value is -2.86. The minimum absolute atomic E-state index is 0.152. The van der Waals surface area contributed by atoms with Crippen LogP contribution in [-0.2, 0) is 11.2 Å². The first kappa shape index (κ1) is 17.0. The molecule has 1 amide bonds. The third kappa shape index (κ3) is 4.16. The van der Waals surface area contributed by atoms with Gasteiger partial charge in [-0.1, -0.05) is 30.3 Å². The molecule has 0 unspecified atom stereocenters. The van der Waals surface area contributed by atoms with Crippen molar-refractivity contribution in [2.75, 3.05) is 19.5 Å². The molecule has 128 valence electrons. The average Bonchev–Trinajstić information content (AvgIpc) is 3.10. The van der Waals surface area contributed by atoms with E-state index < -0.39 is 0 Å². The summed E-state index contributed by atoms with van der Waals surface area (Å²) in [5.41, 5.74) is 2.63. The predicted octanol–water partition coefficient (Wildman–Crippen LogP) is 4.01. The van der Waals surface area contributed by atoms with Crippen LogP contribution in [0.15, 0.2) is 53.9 Å². The van der Waals surface area contributed by atoms with E-state index in [0.717, 1.165) is 16.8 Å². The van der Waals surface area contributed by atoms with Gasteiger partial charge in [-0.3, -0.25) is 4.79 Å². The predicted molar refractivity (Wildman–Crippen MR) is 99.4 cm³/mol. The first-order valence-corrected chi connectivity index (χ1v) is 8.59. The second-order valence-electron chi connectivity index (χ2n) is 5.31. The molecule has 0 radical (unpaired) electrons. The normalized spacial score (nSPS) is 10.3. The van der Waals surface area contributed by atoms with Gasteiger partial charge in [0.05, 0.1) is 26.3 Å². The van der Waals surface area contributed by atoms with Crippen LogP contribution in [0.5, 0.6) is 11.5 Å².